The number of aromatic nitrogens is 2. The summed E-state index contributed by atoms with van der Waals surface area (Å²) in [5.41, 5.74) is 7.05. The van der Waals surface area contributed by atoms with E-state index in [9.17, 15) is 9.90 Å². The Morgan fingerprint density at radius 1 is 1.52 bits per heavy atom. The molecule has 0 aromatic carbocycles. The Labute approximate surface area is 147 Å². The highest BCUT2D eigenvalue weighted by Gasteiger charge is 2.46. The first-order chi connectivity index (χ1) is 12.0. The minimum absolute atomic E-state index is 0.240. The van der Waals surface area contributed by atoms with Gasteiger partial charge in [-0.05, 0) is 43.6 Å². The van der Waals surface area contributed by atoms with Gasteiger partial charge >= 0.3 is 0 Å². The Kier molecular flexibility index (Phi) is 3.95. The SMILES string of the molecule is CC[C@@H]1C[C@@]2(O)CCCC(C2)C1Nc1c(C(N)=O)cnc2[nH]ccc12. The summed E-state index contributed by atoms with van der Waals surface area (Å²) in [7, 11) is 0. The summed E-state index contributed by atoms with van der Waals surface area (Å²) in [6.45, 7) is 2.18. The Morgan fingerprint density at radius 3 is 3.12 bits per heavy atom. The van der Waals surface area contributed by atoms with E-state index in [1.54, 1.807) is 6.20 Å². The number of fused-ring (bicyclic) bond motifs is 3. The van der Waals surface area contributed by atoms with Crippen LogP contribution in [0.3, 0.4) is 0 Å². The number of H-pyrrole nitrogens is 1. The van der Waals surface area contributed by atoms with Crippen molar-refractivity contribution >= 4 is 22.6 Å². The van der Waals surface area contributed by atoms with Crippen molar-refractivity contribution < 1.29 is 9.90 Å². The highest BCUT2D eigenvalue weighted by Crippen LogP contribution is 2.47. The molecule has 0 aliphatic heterocycles. The smallest absolute Gasteiger partial charge is 0.252 e. The minimum Gasteiger partial charge on any atom is -0.390 e. The third-order valence-corrected chi connectivity index (χ3v) is 6.20. The van der Waals surface area contributed by atoms with E-state index in [0.29, 0.717) is 17.4 Å². The van der Waals surface area contributed by atoms with Gasteiger partial charge in [-0.15, -0.1) is 0 Å². The zero-order valence-electron chi connectivity index (χ0n) is 14.6. The molecule has 6 nitrogen and oxygen atoms in total. The van der Waals surface area contributed by atoms with E-state index in [2.05, 4.69) is 22.2 Å². The maximum absolute atomic E-state index is 11.9. The van der Waals surface area contributed by atoms with Crippen molar-refractivity contribution in [1.29, 1.82) is 0 Å². The first-order valence-electron chi connectivity index (χ1n) is 9.25. The van der Waals surface area contributed by atoms with Gasteiger partial charge in [-0.2, -0.15) is 0 Å². The molecule has 2 heterocycles. The molecular weight excluding hydrogens is 316 g/mol. The Morgan fingerprint density at radius 2 is 2.36 bits per heavy atom. The average Bonchev–Trinajstić information content (AvgIpc) is 3.05. The van der Waals surface area contributed by atoms with Crippen molar-refractivity contribution in [3.63, 3.8) is 0 Å². The molecule has 2 aromatic rings. The molecule has 134 valence electrons. The lowest BCUT2D eigenvalue weighted by atomic mass is 9.62. The van der Waals surface area contributed by atoms with Crippen LogP contribution in [0.15, 0.2) is 18.5 Å². The number of carbonyl (C=O) groups excluding carboxylic acids is 1. The van der Waals surface area contributed by atoms with E-state index in [4.69, 9.17) is 5.73 Å². The lowest BCUT2D eigenvalue weighted by molar-refractivity contribution is -0.0725. The van der Waals surface area contributed by atoms with Gasteiger partial charge in [0.05, 0.1) is 16.9 Å². The van der Waals surface area contributed by atoms with Gasteiger partial charge in [0.1, 0.15) is 5.65 Å². The first kappa shape index (κ1) is 16.4. The average molecular weight is 342 g/mol. The lowest BCUT2D eigenvalue weighted by Crippen LogP contribution is -2.52. The number of pyridine rings is 1. The molecule has 2 bridgehead atoms. The van der Waals surface area contributed by atoms with Crippen molar-refractivity contribution in [3.8, 4) is 0 Å². The fourth-order valence-corrected chi connectivity index (χ4v) is 5.03. The second kappa shape index (κ2) is 6.02. The summed E-state index contributed by atoms with van der Waals surface area (Å²) in [6.07, 6.45) is 9.13. The number of anilines is 1. The van der Waals surface area contributed by atoms with E-state index in [1.807, 2.05) is 12.3 Å². The van der Waals surface area contributed by atoms with Crippen LogP contribution in [0.25, 0.3) is 11.0 Å². The van der Waals surface area contributed by atoms with Crippen LogP contribution >= 0.6 is 0 Å². The topological polar surface area (TPSA) is 104 Å². The van der Waals surface area contributed by atoms with Crippen LogP contribution in [-0.4, -0.2) is 32.6 Å². The Hall–Kier alpha value is -2.08. The number of primary amides is 1. The van der Waals surface area contributed by atoms with Crippen LogP contribution in [0, 0.1) is 11.8 Å². The number of aliphatic hydroxyl groups is 1. The molecule has 0 radical (unpaired) electrons. The van der Waals surface area contributed by atoms with Crippen LogP contribution in [0.2, 0.25) is 0 Å². The molecule has 1 amide bonds. The Balaban J connectivity index is 1.73. The van der Waals surface area contributed by atoms with Crippen LogP contribution in [-0.2, 0) is 0 Å². The molecule has 0 spiro atoms. The monoisotopic (exact) mass is 342 g/mol. The van der Waals surface area contributed by atoms with Crippen molar-refractivity contribution in [2.75, 3.05) is 5.32 Å². The van der Waals surface area contributed by atoms with Gasteiger partial charge in [0, 0.05) is 23.8 Å². The zero-order chi connectivity index (χ0) is 17.6. The molecule has 4 rings (SSSR count). The third-order valence-electron chi connectivity index (χ3n) is 6.20. The second-order valence-corrected chi connectivity index (χ2v) is 7.77. The summed E-state index contributed by atoms with van der Waals surface area (Å²) in [5, 5.41) is 15.4. The molecular formula is C19H26N4O2. The Bertz CT molecular complexity index is 800. The fourth-order valence-electron chi connectivity index (χ4n) is 5.03. The highest BCUT2D eigenvalue weighted by molar-refractivity contribution is 6.06. The maximum atomic E-state index is 11.9. The quantitative estimate of drug-likeness (QED) is 0.686. The first-order valence-corrected chi connectivity index (χ1v) is 9.25. The third kappa shape index (κ3) is 2.78. The van der Waals surface area contributed by atoms with Crippen molar-refractivity contribution in [2.45, 2.75) is 57.1 Å². The molecule has 2 saturated carbocycles. The van der Waals surface area contributed by atoms with E-state index < -0.39 is 11.5 Å². The number of amides is 1. The normalized spacial score (nSPS) is 31.8. The summed E-state index contributed by atoms with van der Waals surface area (Å²) < 4.78 is 0. The van der Waals surface area contributed by atoms with Crippen molar-refractivity contribution in [2.24, 2.45) is 17.6 Å². The fraction of sp³-hybridized carbons (Fsp3) is 0.579. The van der Waals surface area contributed by atoms with Gasteiger partial charge in [0.25, 0.3) is 5.91 Å². The van der Waals surface area contributed by atoms with Gasteiger partial charge in [-0.25, -0.2) is 4.98 Å². The van der Waals surface area contributed by atoms with E-state index >= 15 is 0 Å². The van der Waals surface area contributed by atoms with Crippen molar-refractivity contribution in [1.82, 2.24) is 9.97 Å². The molecule has 4 atom stereocenters. The molecule has 2 unspecified atom stereocenters. The predicted octanol–water partition coefficient (Wildman–Crippen LogP) is 2.79. The van der Waals surface area contributed by atoms with Crippen molar-refractivity contribution in [3.05, 3.63) is 24.0 Å². The number of nitrogens with two attached hydrogens (primary N) is 1. The summed E-state index contributed by atoms with van der Waals surface area (Å²) in [4.78, 5) is 19.3. The number of carbonyl (C=O) groups is 1. The minimum atomic E-state index is -0.504. The predicted molar refractivity (Wildman–Crippen MR) is 97.3 cm³/mol. The second-order valence-electron chi connectivity index (χ2n) is 7.77. The molecule has 25 heavy (non-hydrogen) atoms. The molecule has 6 heteroatoms. The summed E-state index contributed by atoms with van der Waals surface area (Å²) in [5.74, 6) is 0.328. The van der Waals surface area contributed by atoms with Crippen LogP contribution in [0.4, 0.5) is 5.69 Å². The summed E-state index contributed by atoms with van der Waals surface area (Å²) in [6, 6.07) is 2.17. The number of aromatic amines is 1. The van der Waals surface area contributed by atoms with Crippen LogP contribution in [0.5, 0.6) is 0 Å². The number of hydrogen-bond donors (Lipinski definition) is 4. The lowest BCUT2D eigenvalue weighted by Gasteiger charge is -2.50. The number of rotatable bonds is 4. The van der Waals surface area contributed by atoms with E-state index in [1.165, 1.54) is 0 Å². The molecule has 2 aromatic heterocycles. The number of hydrogen-bond acceptors (Lipinski definition) is 4. The maximum Gasteiger partial charge on any atom is 0.252 e. The van der Waals surface area contributed by atoms with E-state index in [0.717, 1.165) is 55.2 Å². The van der Waals surface area contributed by atoms with Gasteiger partial charge in [0.2, 0.25) is 0 Å². The van der Waals surface area contributed by atoms with Gasteiger partial charge in [-0.1, -0.05) is 19.8 Å². The zero-order valence-corrected chi connectivity index (χ0v) is 14.6. The molecule has 2 aliphatic rings. The van der Waals surface area contributed by atoms with Crippen LogP contribution in [0.1, 0.15) is 55.8 Å². The molecule has 2 aliphatic carbocycles. The molecule has 5 N–H and O–H groups in total. The van der Waals surface area contributed by atoms with Gasteiger partial charge in [0.15, 0.2) is 0 Å². The largest absolute Gasteiger partial charge is 0.390 e. The number of nitrogens with one attached hydrogen (secondary N) is 2. The highest BCUT2D eigenvalue weighted by atomic mass is 16.3. The van der Waals surface area contributed by atoms with E-state index in [-0.39, 0.29) is 6.04 Å². The summed E-state index contributed by atoms with van der Waals surface area (Å²) >= 11 is 0. The van der Waals surface area contributed by atoms with Crippen LogP contribution < -0.4 is 11.1 Å². The molecule has 0 saturated heterocycles. The molecule has 2 fully saturated rings. The number of nitrogens with zero attached hydrogens (tertiary/aromatic N) is 1. The van der Waals surface area contributed by atoms with Gasteiger partial charge in [-0.3, -0.25) is 4.79 Å². The standard InChI is InChI=1S/C19H26N4O2/c1-2-11-8-19(25)6-3-4-12(9-19)15(11)23-16-13-5-7-21-18(13)22-10-14(16)17(20)24/h5,7,10-12,15,25H,2-4,6,8-9H2,1H3,(H2,20,24)(H2,21,22,23)/t11-,12?,15?,19+/m1/s1. The van der Waals surface area contributed by atoms with Gasteiger partial charge < -0.3 is 21.1 Å².